The fraction of sp³-hybridized carbons (Fsp3) is 0.435. The molecular formula is C23H31N3O3S. The van der Waals surface area contributed by atoms with E-state index in [0.717, 1.165) is 44.2 Å². The minimum Gasteiger partial charge on any atom is -0.376 e. The van der Waals surface area contributed by atoms with Crippen LogP contribution in [-0.4, -0.2) is 44.8 Å². The number of nitrogens with one attached hydrogen (secondary N) is 2. The van der Waals surface area contributed by atoms with Gasteiger partial charge in [0.1, 0.15) is 0 Å². The number of sulfonamides is 1. The monoisotopic (exact) mass is 429 g/mol. The lowest BCUT2D eigenvalue weighted by atomic mass is 10.1. The summed E-state index contributed by atoms with van der Waals surface area (Å²) in [5.41, 5.74) is 1.99. The first kappa shape index (κ1) is 22.3. The first-order chi connectivity index (χ1) is 14.6. The number of nitrogens with zero attached hydrogens (tertiary/aromatic N) is 1. The molecule has 2 N–H and O–H groups in total. The van der Waals surface area contributed by atoms with Gasteiger partial charge in [0.05, 0.1) is 11.4 Å². The van der Waals surface area contributed by atoms with Crippen LogP contribution in [-0.2, 0) is 21.2 Å². The molecule has 6 nitrogen and oxygen atoms in total. The zero-order valence-corrected chi connectivity index (χ0v) is 18.2. The van der Waals surface area contributed by atoms with Crippen molar-refractivity contribution in [1.82, 2.24) is 9.62 Å². The largest absolute Gasteiger partial charge is 0.376 e. The highest BCUT2D eigenvalue weighted by atomic mass is 32.2. The number of carbonyl (C=O) groups is 1. The van der Waals surface area contributed by atoms with Gasteiger partial charge in [-0.15, -0.1) is 0 Å². The average Bonchev–Trinajstić information content (AvgIpc) is 3.07. The lowest BCUT2D eigenvalue weighted by Crippen LogP contribution is -2.32. The van der Waals surface area contributed by atoms with E-state index in [0.29, 0.717) is 24.5 Å². The van der Waals surface area contributed by atoms with Gasteiger partial charge in [-0.05, 0) is 55.5 Å². The Balaban J connectivity index is 1.42. The maximum atomic E-state index is 12.8. The third kappa shape index (κ3) is 6.57. The lowest BCUT2D eigenvalue weighted by Gasteiger charge is -2.20. The van der Waals surface area contributed by atoms with Gasteiger partial charge < -0.3 is 10.6 Å². The Bertz CT molecular complexity index is 891. The summed E-state index contributed by atoms with van der Waals surface area (Å²) in [7, 11) is -3.45. The Labute approximate surface area is 179 Å². The molecule has 1 amide bonds. The Hall–Kier alpha value is -2.38. The van der Waals surface area contributed by atoms with Crippen LogP contribution >= 0.6 is 0 Å². The van der Waals surface area contributed by atoms with Crippen molar-refractivity contribution in [3.8, 4) is 0 Å². The first-order valence-corrected chi connectivity index (χ1v) is 12.1. The van der Waals surface area contributed by atoms with Crippen LogP contribution in [0.25, 0.3) is 0 Å². The molecule has 0 aromatic heterocycles. The van der Waals surface area contributed by atoms with Crippen molar-refractivity contribution < 1.29 is 13.2 Å². The summed E-state index contributed by atoms with van der Waals surface area (Å²) in [5.74, 6) is -0.0793. The normalized spacial score (nSPS) is 15.3. The van der Waals surface area contributed by atoms with Gasteiger partial charge >= 0.3 is 0 Å². The Kier molecular flexibility index (Phi) is 8.28. The van der Waals surface area contributed by atoms with Gasteiger partial charge in [-0.25, -0.2) is 8.42 Å². The van der Waals surface area contributed by atoms with E-state index in [4.69, 9.17) is 0 Å². The molecule has 0 unspecified atom stereocenters. The molecule has 1 aliphatic heterocycles. The number of rotatable bonds is 9. The van der Waals surface area contributed by atoms with Gasteiger partial charge in [-0.2, -0.15) is 4.31 Å². The van der Waals surface area contributed by atoms with Crippen LogP contribution in [0.3, 0.4) is 0 Å². The van der Waals surface area contributed by atoms with Gasteiger partial charge in [0, 0.05) is 25.3 Å². The maximum absolute atomic E-state index is 12.8. The summed E-state index contributed by atoms with van der Waals surface area (Å²) in [6.07, 6.45) is 5.82. The number of hydrogen-bond acceptors (Lipinski definition) is 4. The molecule has 0 radical (unpaired) electrons. The highest BCUT2D eigenvalue weighted by Crippen LogP contribution is 2.21. The van der Waals surface area contributed by atoms with E-state index >= 15 is 0 Å². The Morgan fingerprint density at radius 2 is 1.57 bits per heavy atom. The molecule has 2 aromatic carbocycles. The first-order valence-electron chi connectivity index (χ1n) is 10.7. The van der Waals surface area contributed by atoms with E-state index in [1.54, 1.807) is 28.6 Å². The van der Waals surface area contributed by atoms with E-state index in [1.807, 2.05) is 18.2 Å². The van der Waals surface area contributed by atoms with Crippen molar-refractivity contribution in [2.24, 2.45) is 0 Å². The molecule has 1 aliphatic rings. The predicted octanol–water partition coefficient (Wildman–Crippen LogP) is 3.41. The average molecular weight is 430 g/mol. The zero-order chi connectivity index (χ0) is 21.2. The molecule has 1 fully saturated rings. The lowest BCUT2D eigenvalue weighted by molar-refractivity contribution is -0.119. The number of anilines is 1. The smallest absolute Gasteiger partial charge is 0.243 e. The van der Waals surface area contributed by atoms with E-state index < -0.39 is 10.0 Å². The maximum Gasteiger partial charge on any atom is 0.243 e. The van der Waals surface area contributed by atoms with Gasteiger partial charge in [0.25, 0.3) is 0 Å². The van der Waals surface area contributed by atoms with Gasteiger partial charge in [0.2, 0.25) is 15.9 Å². The van der Waals surface area contributed by atoms with Gasteiger partial charge in [-0.3, -0.25) is 4.79 Å². The summed E-state index contributed by atoms with van der Waals surface area (Å²) in [4.78, 5) is 12.3. The van der Waals surface area contributed by atoms with Crippen molar-refractivity contribution in [2.45, 2.75) is 43.4 Å². The minimum absolute atomic E-state index is 0.0793. The minimum atomic E-state index is -3.45. The van der Waals surface area contributed by atoms with Crippen LogP contribution < -0.4 is 10.6 Å². The van der Waals surface area contributed by atoms with Gasteiger partial charge in [0.15, 0.2) is 0 Å². The van der Waals surface area contributed by atoms with Crippen molar-refractivity contribution in [2.75, 3.05) is 31.5 Å². The summed E-state index contributed by atoms with van der Waals surface area (Å²) < 4.78 is 27.2. The van der Waals surface area contributed by atoms with Gasteiger partial charge in [-0.1, -0.05) is 43.2 Å². The fourth-order valence-corrected chi connectivity index (χ4v) is 5.10. The number of aryl methyl sites for hydroxylation is 1. The van der Waals surface area contributed by atoms with E-state index in [-0.39, 0.29) is 12.5 Å². The summed E-state index contributed by atoms with van der Waals surface area (Å²) in [6, 6.07) is 16.8. The molecule has 0 aliphatic carbocycles. The van der Waals surface area contributed by atoms with Crippen LogP contribution in [0.4, 0.5) is 5.69 Å². The second kappa shape index (κ2) is 11.1. The molecule has 0 spiro atoms. The van der Waals surface area contributed by atoms with E-state index in [1.165, 1.54) is 5.56 Å². The predicted molar refractivity (Wildman–Crippen MR) is 120 cm³/mol. The number of benzene rings is 2. The molecule has 1 saturated heterocycles. The molecule has 162 valence electrons. The quantitative estimate of drug-likeness (QED) is 0.599. The summed E-state index contributed by atoms with van der Waals surface area (Å²) in [6.45, 7) is 1.96. The third-order valence-electron chi connectivity index (χ3n) is 5.32. The molecule has 0 bridgehead atoms. The Morgan fingerprint density at radius 3 is 2.23 bits per heavy atom. The fourth-order valence-electron chi connectivity index (χ4n) is 3.59. The van der Waals surface area contributed by atoms with E-state index in [9.17, 15) is 13.2 Å². The molecule has 30 heavy (non-hydrogen) atoms. The highest BCUT2D eigenvalue weighted by molar-refractivity contribution is 7.89. The zero-order valence-electron chi connectivity index (χ0n) is 17.3. The Morgan fingerprint density at radius 1 is 0.900 bits per heavy atom. The molecule has 0 saturated carbocycles. The second-order valence-electron chi connectivity index (χ2n) is 7.64. The highest BCUT2D eigenvalue weighted by Gasteiger charge is 2.24. The molecule has 0 atom stereocenters. The molecule has 2 aromatic rings. The SMILES string of the molecule is O=C(CNc1ccc(S(=O)(=O)N2CCCCCC2)cc1)NCCCc1ccccc1. The van der Waals surface area contributed by atoms with Crippen molar-refractivity contribution in [3.05, 3.63) is 60.2 Å². The number of amides is 1. The van der Waals surface area contributed by atoms with Crippen molar-refractivity contribution in [1.29, 1.82) is 0 Å². The summed E-state index contributed by atoms with van der Waals surface area (Å²) >= 11 is 0. The van der Waals surface area contributed by atoms with Crippen molar-refractivity contribution in [3.63, 3.8) is 0 Å². The van der Waals surface area contributed by atoms with Crippen LogP contribution in [0.5, 0.6) is 0 Å². The second-order valence-corrected chi connectivity index (χ2v) is 9.57. The van der Waals surface area contributed by atoms with Crippen LogP contribution in [0.15, 0.2) is 59.5 Å². The van der Waals surface area contributed by atoms with Crippen LogP contribution in [0.1, 0.15) is 37.7 Å². The number of hydrogen-bond donors (Lipinski definition) is 2. The third-order valence-corrected chi connectivity index (χ3v) is 7.23. The van der Waals surface area contributed by atoms with Crippen LogP contribution in [0.2, 0.25) is 0 Å². The standard InChI is InChI=1S/C23H31N3O3S/c27-23(24-16-8-11-20-9-4-3-5-10-20)19-25-21-12-14-22(15-13-21)30(28,29)26-17-6-1-2-7-18-26/h3-5,9-10,12-15,25H,1-2,6-8,11,16-19H2,(H,24,27). The molecular weight excluding hydrogens is 398 g/mol. The number of carbonyl (C=O) groups excluding carboxylic acids is 1. The molecule has 7 heteroatoms. The van der Waals surface area contributed by atoms with Crippen LogP contribution in [0, 0.1) is 0 Å². The van der Waals surface area contributed by atoms with Crippen molar-refractivity contribution >= 4 is 21.6 Å². The molecule has 1 heterocycles. The summed E-state index contributed by atoms with van der Waals surface area (Å²) in [5, 5.41) is 5.95. The topological polar surface area (TPSA) is 78.5 Å². The molecule has 3 rings (SSSR count). The van der Waals surface area contributed by atoms with E-state index in [2.05, 4.69) is 22.8 Å².